The molecule has 7 nitrogen and oxygen atoms in total. The van der Waals surface area contributed by atoms with Gasteiger partial charge in [-0.15, -0.1) is 0 Å². The van der Waals surface area contributed by atoms with E-state index in [0.29, 0.717) is 0 Å². The Balaban J connectivity index is 3.08. The first-order valence-corrected chi connectivity index (χ1v) is 2.77. The third-order valence-electron chi connectivity index (χ3n) is 0.581. The van der Waals surface area contributed by atoms with Crippen LogP contribution in [0.15, 0.2) is 0 Å². The van der Waals surface area contributed by atoms with Gasteiger partial charge in [0.25, 0.3) is 0 Å². The van der Waals surface area contributed by atoms with Crippen molar-refractivity contribution >= 4 is 28.8 Å². The Morgan fingerprint density at radius 2 is 2.44 bits per heavy atom. The number of halogens is 1. The van der Waals surface area contributed by atoms with Crippen molar-refractivity contribution in [2.24, 2.45) is 0 Å². The predicted molar refractivity (Wildman–Crippen MR) is 33.9 cm³/mol. The van der Waals surface area contributed by atoms with Crippen LogP contribution in [0.25, 0.3) is 0 Å². The van der Waals surface area contributed by atoms with Gasteiger partial charge in [-0.25, -0.2) is 0 Å². The number of nitrogens with zero attached hydrogens (tertiary/aromatic N) is 5. The normalized spacial score (nSPS) is 9.44. The van der Waals surface area contributed by atoms with Gasteiger partial charge in [0.2, 0.25) is 0 Å². The fourth-order valence-corrected chi connectivity index (χ4v) is 0.635. The minimum absolute atomic E-state index is 0.365. The maximum atomic E-state index is 9.92. The van der Waals surface area contributed by atoms with E-state index in [9.17, 15) is 10.1 Å². The lowest BCUT2D eigenvalue weighted by molar-refractivity contribution is -0.394. The van der Waals surface area contributed by atoms with Gasteiger partial charge >= 0.3 is 5.95 Å². The second-order valence-electron chi connectivity index (χ2n) is 1.10. The largest absolute Gasteiger partial charge is 0.488 e. The van der Waals surface area contributed by atoms with Crippen LogP contribution in [0.5, 0.6) is 0 Å². The van der Waals surface area contributed by atoms with E-state index < -0.39 is 4.92 Å². The van der Waals surface area contributed by atoms with Crippen LogP contribution in [-0.4, -0.2) is 23.3 Å². The summed E-state index contributed by atoms with van der Waals surface area (Å²) in [5.74, 6) is -0.365. The number of hydrogen-bond donors (Lipinski definition) is 0. The number of nitro groups is 1. The van der Waals surface area contributed by atoms with Crippen molar-refractivity contribution in [1.82, 2.24) is 18.4 Å². The van der Waals surface area contributed by atoms with Gasteiger partial charge in [0.05, 0.1) is 10.3 Å². The molecular formula is CIN5O2. The van der Waals surface area contributed by atoms with Crippen molar-refractivity contribution in [2.75, 3.05) is 0 Å². The summed E-state index contributed by atoms with van der Waals surface area (Å²) in [6.45, 7) is 0. The minimum atomic E-state index is -0.660. The Morgan fingerprint density at radius 1 is 1.78 bits per heavy atom. The molecule has 0 saturated carbocycles. The summed E-state index contributed by atoms with van der Waals surface area (Å²) in [5, 5.41) is 19.3. The minimum Gasteiger partial charge on any atom is -0.390 e. The Morgan fingerprint density at radius 3 is 2.67 bits per heavy atom. The van der Waals surface area contributed by atoms with Gasteiger partial charge < -0.3 is 10.1 Å². The van der Waals surface area contributed by atoms with Crippen molar-refractivity contribution in [3.8, 4) is 0 Å². The first-order valence-electron chi connectivity index (χ1n) is 1.80. The molecule has 0 unspecified atom stereocenters. The zero-order chi connectivity index (χ0) is 6.85. The third-order valence-corrected chi connectivity index (χ3v) is 1.21. The second kappa shape index (κ2) is 2.21. The smallest absolute Gasteiger partial charge is 0.390 e. The number of hydrogen-bond acceptors (Lipinski definition) is 5. The predicted octanol–water partition coefficient (Wildman–Crippen LogP) is -0.221. The van der Waals surface area contributed by atoms with Gasteiger partial charge in [-0.3, -0.25) is 0 Å². The molecule has 0 atom stereocenters. The Labute approximate surface area is 62.7 Å². The van der Waals surface area contributed by atoms with Gasteiger partial charge in [0.15, 0.2) is 22.9 Å². The molecule has 0 radical (unpaired) electrons. The molecule has 1 aromatic rings. The van der Waals surface area contributed by atoms with Crippen LogP contribution in [0.3, 0.4) is 0 Å². The molecule has 0 bridgehead atoms. The van der Waals surface area contributed by atoms with Crippen molar-refractivity contribution in [3.63, 3.8) is 0 Å². The lowest BCUT2D eigenvalue weighted by Crippen LogP contribution is -1.94. The highest BCUT2D eigenvalue weighted by atomic mass is 127. The molecule has 0 aliphatic heterocycles. The molecule has 9 heavy (non-hydrogen) atoms. The van der Waals surface area contributed by atoms with Crippen molar-refractivity contribution < 1.29 is 4.92 Å². The van der Waals surface area contributed by atoms with E-state index in [0.717, 1.165) is 2.90 Å². The fourth-order valence-electron chi connectivity index (χ4n) is 0.276. The van der Waals surface area contributed by atoms with Gasteiger partial charge in [-0.2, -0.15) is 0 Å². The molecule has 1 rings (SSSR count). The van der Waals surface area contributed by atoms with E-state index in [2.05, 4.69) is 15.5 Å². The summed E-state index contributed by atoms with van der Waals surface area (Å²) in [7, 11) is 0. The third kappa shape index (κ3) is 1.12. The number of rotatable bonds is 1. The highest BCUT2D eigenvalue weighted by Gasteiger charge is 2.14. The summed E-state index contributed by atoms with van der Waals surface area (Å²) in [5.41, 5.74) is 0. The molecule has 1 heterocycles. The lowest BCUT2D eigenvalue weighted by Gasteiger charge is -1.85. The molecule has 0 amide bonds. The van der Waals surface area contributed by atoms with E-state index >= 15 is 0 Å². The molecular weight excluding hydrogens is 241 g/mol. The average molecular weight is 241 g/mol. The van der Waals surface area contributed by atoms with Gasteiger partial charge in [-0.1, -0.05) is 0 Å². The number of aromatic nitrogens is 4. The van der Waals surface area contributed by atoms with E-state index in [-0.39, 0.29) is 5.95 Å². The van der Waals surface area contributed by atoms with Gasteiger partial charge in [0.1, 0.15) is 0 Å². The molecule has 0 N–H and O–H groups in total. The van der Waals surface area contributed by atoms with E-state index in [1.54, 1.807) is 22.9 Å². The summed E-state index contributed by atoms with van der Waals surface area (Å²) in [4.78, 5) is 9.26. The lowest BCUT2D eigenvalue weighted by atomic mass is 11.1. The molecule has 1 aromatic heterocycles. The van der Waals surface area contributed by atoms with Crippen molar-refractivity contribution in [3.05, 3.63) is 10.1 Å². The van der Waals surface area contributed by atoms with Gasteiger partial charge in [0, 0.05) is 5.21 Å². The maximum absolute atomic E-state index is 9.92. The Kier molecular flexibility index (Phi) is 1.55. The fraction of sp³-hybridized carbons (Fsp3) is 0. The summed E-state index contributed by atoms with van der Waals surface area (Å²) in [6.07, 6.45) is 0. The zero-order valence-electron chi connectivity index (χ0n) is 3.93. The summed E-state index contributed by atoms with van der Waals surface area (Å²) in [6, 6.07) is 0. The van der Waals surface area contributed by atoms with Crippen LogP contribution < -0.4 is 0 Å². The number of tetrazole rings is 1. The SMILES string of the molecule is O=[N+]([O-])c1nnnn1I. The zero-order valence-corrected chi connectivity index (χ0v) is 6.09. The molecule has 8 heteroatoms. The van der Waals surface area contributed by atoms with Crippen molar-refractivity contribution in [2.45, 2.75) is 0 Å². The second-order valence-corrected chi connectivity index (χ2v) is 2.01. The highest BCUT2D eigenvalue weighted by molar-refractivity contribution is 14.1. The van der Waals surface area contributed by atoms with Crippen LogP contribution in [0.1, 0.15) is 0 Å². The van der Waals surface area contributed by atoms with Gasteiger partial charge in [-0.05, 0) is 7.82 Å². The Hall–Kier alpha value is -0.800. The summed E-state index contributed by atoms with van der Waals surface area (Å²) >= 11 is 1.61. The molecule has 0 saturated heterocycles. The molecule has 48 valence electrons. The van der Waals surface area contributed by atoms with E-state index in [4.69, 9.17) is 0 Å². The van der Waals surface area contributed by atoms with Crippen LogP contribution in [0, 0.1) is 10.1 Å². The topological polar surface area (TPSA) is 86.7 Å². The summed E-state index contributed by atoms with van der Waals surface area (Å²) < 4.78 is 0.956. The monoisotopic (exact) mass is 241 g/mol. The maximum Gasteiger partial charge on any atom is 0.488 e. The van der Waals surface area contributed by atoms with Crippen molar-refractivity contribution in [1.29, 1.82) is 0 Å². The molecule has 0 aromatic carbocycles. The van der Waals surface area contributed by atoms with E-state index in [1.165, 1.54) is 0 Å². The molecule has 0 aliphatic rings. The highest BCUT2D eigenvalue weighted by Crippen LogP contribution is 2.04. The van der Waals surface area contributed by atoms with Crippen LogP contribution in [-0.2, 0) is 0 Å². The first kappa shape index (κ1) is 6.32. The quantitative estimate of drug-likeness (QED) is 0.385. The van der Waals surface area contributed by atoms with Crippen LogP contribution in [0.4, 0.5) is 5.95 Å². The van der Waals surface area contributed by atoms with Crippen LogP contribution >= 0.6 is 22.9 Å². The first-order chi connectivity index (χ1) is 4.22. The van der Waals surface area contributed by atoms with Crippen LogP contribution in [0.2, 0.25) is 0 Å². The molecule has 0 aliphatic carbocycles. The van der Waals surface area contributed by atoms with E-state index in [1.807, 2.05) is 0 Å². The molecule has 0 spiro atoms. The standard InChI is InChI=1S/CIN5O2/c2-6-1(7(8)9)3-4-5-6. The molecule has 0 fully saturated rings. The average Bonchev–Trinajstić information content (AvgIpc) is 2.13. The Bertz CT molecular complexity index is 231.